The van der Waals surface area contributed by atoms with E-state index in [4.69, 9.17) is 12.2 Å². The van der Waals surface area contributed by atoms with Crippen LogP contribution in [-0.4, -0.2) is 32.0 Å². The maximum absolute atomic E-state index is 14.1. The Morgan fingerprint density at radius 3 is 2.44 bits per heavy atom. The second kappa shape index (κ2) is 11.0. The molecule has 2 atom stereocenters. The van der Waals surface area contributed by atoms with Crippen molar-refractivity contribution in [3.8, 4) is 5.69 Å². The summed E-state index contributed by atoms with van der Waals surface area (Å²) >= 11 is 5.80. The lowest BCUT2D eigenvalue weighted by molar-refractivity contribution is -0.116. The Balaban J connectivity index is 1.49. The molecular weight excluding hydrogens is 509 g/mol. The second-order valence-electron chi connectivity index (χ2n) is 10.1. The zero-order valence-electron chi connectivity index (χ0n) is 22.5. The minimum atomic E-state index is -0.462. The van der Waals surface area contributed by atoms with E-state index >= 15 is 0 Å². The number of hydrogen-bond donors (Lipinski definition) is 2. The van der Waals surface area contributed by atoms with Crippen molar-refractivity contribution in [2.75, 3.05) is 11.9 Å². The van der Waals surface area contributed by atoms with Gasteiger partial charge in [-0.3, -0.25) is 9.78 Å². The largest absolute Gasteiger partial charge is 0.352 e. The van der Waals surface area contributed by atoms with Gasteiger partial charge in [-0.25, -0.2) is 4.39 Å². The summed E-state index contributed by atoms with van der Waals surface area (Å²) in [4.78, 5) is 19.5. The van der Waals surface area contributed by atoms with Crippen molar-refractivity contribution in [1.29, 1.82) is 0 Å². The van der Waals surface area contributed by atoms with E-state index in [9.17, 15) is 9.18 Å². The van der Waals surface area contributed by atoms with Crippen molar-refractivity contribution in [2.45, 2.75) is 46.2 Å². The summed E-state index contributed by atoms with van der Waals surface area (Å²) in [6, 6.07) is 20.4. The van der Waals surface area contributed by atoms with Gasteiger partial charge in [0.1, 0.15) is 5.82 Å². The van der Waals surface area contributed by atoms with Crippen molar-refractivity contribution in [2.24, 2.45) is 0 Å². The Morgan fingerprint density at radius 1 is 1.03 bits per heavy atom. The molecule has 1 aliphatic rings. The Kier molecular flexibility index (Phi) is 7.48. The molecule has 1 saturated heterocycles. The van der Waals surface area contributed by atoms with Crippen molar-refractivity contribution >= 4 is 28.9 Å². The van der Waals surface area contributed by atoms with Crippen LogP contribution in [-0.2, 0) is 4.79 Å². The molecule has 6 nitrogen and oxygen atoms in total. The summed E-state index contributed by atoms with van der Waals surface area (Å²) in [7, 11) is 0. The first kappa shape index (κ1) is 26.6. The fourth-order valence-electron chi connectivity index (χ4n) is 5.55. The van der Waals surface area contributed by atoms with Gasteiger partial charge in [0.25, 0.3) is 0 Å². The summed E-state index contributed by atoms with van der Waals surface area (Å²) in [6.07, 6.45) is 1.93. The highest BCUT2D eigenvalue weighted by Gasteiger charge is 2.41. The number of rotatable bonds is 7. The highest BCUT2D eigenvalue weighted by atomic mass is 32.1. The van der Waals surface area contributed by atoms with Crippen LogP contribution in [0.1, 0.15) is 52.3 Å². The van der Waals surface area contributed by atoms with Gasteiger partial charge in [-0.15, -0.1) is 0 Å². The van der Waals surface area contributed by atoms with Crippen LogP contribution in [0.15, 0.2) is 72.9 Å². The third-order valence-corrected chi connectivity index (χ3v) is 7.53. The van der Waals surface area contributed by atoms with Crippen molar-refractivity contribution in [3.05, 3.63) is 113 Å². The number of carbonyl (C=O) groups is 1. The number of amides is 1. The summed E-state index contributed by atoms with van der Waals surface area (Å²) in [5.74, 6) is -0.736. The first-order valence-electron chi connectivity index (χ1n) is 13.0. The van der Waals surface area contributed by atoms with E-state index in [-0.39, 0.29) is 30.1 Å². The molecule has 2 aromatic heterocycles. The van der Waals surface area contributed by atoms with Gasteiger partial charge in [-0.05, 0) is 99.1 Å². The third-order valence-electron chi connectivity index (χ3n) is 7.18. The van der Waals surface area contributed by atoms with Crippen LogP contribution in [0.2, 0.25) is 0 Å². The van der Waals surface area contributed by atoms with Gasteiger partial charge in [0, 0.05) is 36.2 Å². The monoisotopic (exact) mass is 541 g/mol. The van der Waals surface area contributed by atoms with Crippen LogP contribution in [0.5, 0.6) is 0 Å². The quantitative estimate of drug-likeness (QED) is 0.271. The topological polar surface area (TPSA) is 62.2 Å². The minimum absolute atomic E-state index is 0.150. The molecule has 1 fully saturated rings. The van der Waals surface area contributed by atoms with E-state index in [2.05, 4.69) is 77.0 Å². The molecule has 4 aromatic rings. The Hall–Kier alpha value is -4.04. The van der Waals surface area contributed by atoms with E-state index in [1.165, 1.54) is 17.2 Å². The fraction of sp³-hybridized carbons (Fsp3) is 0.258. The number of aryl methyl sites for hydroxylation is 3. The average molecular weight is 542 g/mol. The molecule has 39 heavy (non-hydrogen) atoms. The van der Waals surface area contributed by atoms with Gasteiger partial charge in [0.05, 0.1) is 23.5 Å². The number of nitrogens with one attached hydrogen (secondary N) is 2. The number of carbonyl (C=O) groups excluding carboxylic acids is 1. The summed E-state index contributed by atoms with van der Waals surface area (Å²) in [6.45, 7) is 8.82. The molecule has 0 bridgehead atoms. The van der Waals surface area contributed by atoms with Gasteiger partial charge >= 0.3 is 0 Å². The molecular formula is C31H32FN5OS. The first-order valence-corrected chi connectivity index (χ1v) is 13.4. The summed E-state index contributed by atoms with van der Waals surface area (Å²) in [5, 5.41) is 6.70. The van der Waals surface area contributed by atoms with Gasteiger partial charge in [-0.2, -0.15) is 0 Å². The minimum Gasteiger partial charge on any atom is -0.352 e. The zero-order chi connectivity index (χ0) is 27.7. The van der Waals surface area contributed by atoms with E-state index in [0.29, 0.717) is 11.7 Å². The van der Waals surface area contributed by atoms with E-state index in [1.54, 1.807) is 24.4 Å². The van der Waals surface area contributed by atoms with Crippen LogP contribution >= 0.6 is 12.2 Å². The smallest absolute Gasteiger partial charge is 0.226 e. The Morgan fingerprint density at radius 2 is 1.74 bits per heavy atom. The van der Waals surface area contributed by atoms with E-state index in [1.807, 2.05) is 18.2 Å². The highest BCUT2D eigenvalue weighted by Crippen LogP contribution is 2.41. The molecule has 0 saturated carbocycles. The number of nitrogens with zero attached hydrogens (tertiary/aromatic N) is 3. The van der Waals surface area contributed by atoms with Crippen LogP contribution in [0, 0.1) is 33.5 Å². The molecule has 5 rings (SSSR count). The molecule has 2 aromatic carbocycles. The normalized spacial score (nSPS) is 16.8. The number of aromatic nitrogens is 2. The fourth-order valence-corrected chi connectivity index (χ4v) is 5.88. The van der Waals surface area contributed by atoms with E-state index in [0.717, 1.165) is 28.3 Å². The lowest BCUT2D eigenvalue weighted by Gasteiger charge is -2.28. The lowest BCUT2D eigenvalue weighted by atomic mass is 9.96. The number of thiocarbonyl (C=S) groups is 1. The van der Waals surface area contributed by atoms with Crippen LogP contribution in [0.3, 0.4) is 0 Å². The zero-order valence-corrected chi connectivity index (χ0v) is 23.3. The number of halogens is 1. The molecule has 0 radical (unpaired) electrons. The van der Waals surface area contributed by atoms with Crippen molar-refractivity contribution in [1.82, 2.24) is 19.8 Å². The summed E-state index contributed by atoms with van der Waals surface area (Å²) < 4.78 is 16.4. The van der Waals surface area contributed by atoms with Crippen LogP contribution < -0.4 is 10.6 Å². The van der Waals surface area contributed by atoms with Gasteiger partial charge in [0.2, 0.25) is 5.91 Å². The standard InChI is InChI=1S/C31H32FN5OS/c1-19-15-20(2)17-23(16-19)37-21(3)18-24(22(37)4)30-29(27-11-7-8-13-33-27)35-31(39)36(30)14-12-28(38)34-26-10-6-5-9-25(26)32/h5-11,13,15-18,29-30H,12,14H2,1-4H3,(H,34,38)(H,35,39)/t29-,30-/m1/s1. The SMILES string of the molecule is Cc1cc(C)cc(-n2c(C)cc([C@@H]3[C@@H](c4ccccn4)NC(=S)N3CCC(=O)Nc3ccccc3F)c2C)c1. The predicted octanol–water partition coefficient (Wildman–Crippen LogP) is 6.25. The second-order valence-corrected chi connectivity index (χ2v) is 10.5. The van der Waals surface area contributed by atoms with Crippen LogP contribution in [0.25, 0.3) is 5.69 Å². The number of hydrogen-bond acceptors (Lipinski definition) is 3. The maximum atomic E-state index is 14.1. The molecule has 200 valence electrons. The van der Waals surface area contributed by atoms with Gasteiger partial charge < -0.3 is 20.1 Å². The summed E-state index contributed by atoms with van der Waals surface area (Å²) in [5.41, 5.74) is 7.91. The number of benzene rings is 2. The van der Waals surface area contributed by atoms with Crippen molar-refractivity contribution < 1.29 is 9.18 Å². The number of anilines is 1. The number of para-hydroxylation sites is 1. The highest BCUT2D eigenvalue weighted by molar-refractivity contribution is 7.80. The molecule has 1 aliphatic heterocycles. The van der Waals surface area contributed by atoms with Gasteiger partial charge in [0.15, 0.2) is 5.11 Å². The molecule has 0 spiro atoms. The molecule has 0 unspecified atom stereocenters. The van der Waals surface area contributed by atoms with Crippen LogP contribution in [0.4, 0.5) is 10.1 Å². The molecule has 0 aliphatic carbocycles. The predicted molar refractivity (Wildman–Crippen MR) is 157 cm³/mol. The average Bonchev–Trinajstić information content (AvgIpc) is 3.38. The lowest BCUT2D eigenvalue weighted by Crippen LogP contribution is -2.33. The maximum Gasteiger partial charge on any atom is 0.226 e. The third kappa shape index (κ3) is 5.43. The molecule has 1 amide bonds. The first-order chi connectivity index (χ1) is 18.7. The van der Waals surface area contributed by atoms with Crippen molar-refractivity contribution in [3.63, 3.8) is 0 Å². The number of pyridine rings is 1. The van der Waals surface area contributed by atoms with E-state index < -0.39 is 5.82 Å². The van der Waals surface area contributed by atoms with Gasteiger partial charge in [-0.1, -0.05) is 24.3 Å². The molecule has 3 heterocycles. The Labute approximate surface area is 233 Å². The molecule has 2 N–H and O–H groups in total. The molecule has 8 heteroatoms. The Bertz CT molecular complexity index is 1510.